The molecule has 0 saturated heterocycles. The molecule has 0 unspecified atom stereocenters. The number of carbonyl (C=O) groups excluding carboxylic acids is 2. The molecule has 0 saturated carbocycles. The van der Waals surface area contributed by atoms with Gasteiger partial charge in [-0.05, 0) is 73.9 Å². The fraction of sp³-hybridized carbons (Fsp3) is 0.259. The fourth-order valence-corrected chi connectivity index (χ4v) is 4.33. The highest BCUT2D eigenvalue weighted by Crippen LogP contribution is 2.22. The van der Waals surface area contributed by atoms with E-state index in [1.165, 1.54) is 16.8 Å². The number of nitrogens with one attached hydrogen (secondary N) is 1. The second-order valence-corrected chi connectivity index (χ2v) is 10.3. The first-order valence-corrected chi connectivity index (χ1v) is 13.1. The molecule has 8 heteroatoms. The van der Waals surface area contributed by atoms with Gasteiger partial charge in [-0.3, -0.25) is 13.9 Å². The van der Waals surface area contributed by atoms with Gasteiger partial charge in [0.05, 0.1) is 25.0 Å². The van der Waals surface area contributed by atoms with E-state index in [2.05, 4.69) is 5.32 Å². The molecule has 0 aliphatic carbocycles. The largest absolute Gasteiger partial charge is 0.492 e. The highest BCUT2D eigenvalue weighted by atomic mass is 32.2. The minimum atomic E-state index is -3.60. The molecule has 0 aliphatic rings. The molecule has 35 heavy (non-hydrogen) atoms. The number of hydrogen-bond donors (Lipinski definition) is 1. The highest BCUT2D eigenvalue weighted by Gasteiger charge is 2.19. The average molecular weight is 495 g/mol. The standard InChI is InChI=1S/C27H30N2O5S/c1-19-8-13-26(16-20(19)2)34-15-14-28-27(31)23-11-9-22(10-12-23)18-29(35(4,32)33)25-7-5-6-24(17-25)21(3)30/h5-13,16-17H,14-15,18H2,1-4H3,(H,28,31). The number of ketones is 1. The Bertz CT molecular complexity index is 1320. The molecule has 0 fully saturated rings. The Morgan fingerprint density at radius 2 is 1.63 bits per heavy atom. The zero-order chi connectivity index (χ0) is 25.6. The number of nitrogens with zero attached hydrogens (tertiary/aromatic N) is 1. The predicted octanol–water partition coefficient (Wildman–Crippen LogP) is 4.28. The van der Waals surface area contributed by atoms with Crippen molar-refractivity contribution >= 4 is 27.4 Å². The summed E-state index contributed by atoms with van der Waals surface area (Å²) in [5.74, 6) is 0.375. The van der Waals surface area contributed by atoms with Crippen LogP contribution < -0.4 is 14.4 Å². The van der Waals surface area contributed by atoms with E-state index in [9.17, 15) is 18.0 Å². The van der Waals surface area contributed by atoms with Gasteiger partial charge in [0.15, 0.2) is 5.78 Å². The van der Waals surface area contributed by atoms with Crippen LogP contribution >= 0.6 is 0 Å². The Morgan fingerprint density at radius 3 is 2.26 bits per heavy atom. The van der Waals surface area contributed by atoms with E-state index >= 15 is 0 Å². The van der Waals surface area contributed by atoms with Gasteiger partial charge in [0, 0.05) is 11.1 Å². The van der Waals surface area contributed by atoms with Gasteiger partial charge in [-0.15, -0.1) is 0 Å². The van der Waals surface area contributed by atoms with Gasteiger partial charge in [0.2, 0.25) is 10.0 Å². The lowest BCUT2D eigenvalue weighted by atomic mass is 10.1. The summed E-state index contributed by atoms with van der Waals surface area (Å²) in [5, 5.41) is 2.82. The number of amides is 1. The molecular weight excluding hydrogens is 464 g/mol. The molecule has 0 radical (unpaired) electrons. The number of anilines is 1. The van der Waals surface area contributed by atoms with Crippen LogP contribution in [-0.2, 0) is 16.6 Å². The van der Waals surface area contributed by atoms with E-state index in [-0.39, 0.29) is 18.2 Å². The summed E-state index contributed by atoms with van der Waals surface area (Å²) in [5.41, 5.74) is 4.35. The van der Waals surface area contributed by atoms with Crippen LogP contribution in [0.1, 0.15) is 44.3 Å². The molecule has 184 valence electrons. The summed E-state index contributed by atoms with van der Waals surface area (Å²) in [7, 11) is -3.60. The second-order valence-electron chi connectivity index (χ2n) is 8.42. The fourth-order valence-electron chi connectivity index (χ4n) is 3.45. The van der Waals surface area contributed by atoms with Crippen molar-refractivity contribution in [2.24, 2.45) is 0 Å². The van der Waals surface area contributed by atoms with Crippen molar-refractivity contribution in [3.05, 3.63) is 94.5 Å². The monoisotopic (exact) mass is 494 g/mol. The number of benzene rings is 3. The molecule has 0 atom stereocenters. The van der Waals surface area contributed by atoms with E-state index in [1.54, 1.807) is 48.5 Å². The quantitative estimate of drug-likeness (QED) is 0.335. The topological polar surface area (TPSA) is 92.8 Å². The van der Waals surface area contributed by atoms with Gasteiger partial charge in [0.1, 0.15) is 12.4 Å². The van der Waals surface area contributed by atoms with E-state index in [0.717, 1.165) is 17.6 Å². The Labute approximate surface area is 206 Å². The maximum atomic E-state index is 12.5. The van der Waals surface area contributed by atoms with Crippen molar-refractivity contribution in [3.63, 3.8) is 0 Å². The summed E-state index contributed by atoms with van der Waals surface area (Å²) in [4.78, 5) is 24.2. The van der Waals surface area contributed by atoms with E-state index in [1.807, 2.05) is 32.0 Å². The van der Waals surface area contributed by atoms with Crippen LogP contribution in [0.4, 0.5) is 5.69 Å². The Morgan fingerprint density at radius 1 is 0.914 bits per heavy atom. The zero-order valence-corrected chi connectivity index (χ0v) is 21.2. The lowest BCUT2D eigenvalue weighted by Gasteiger charge is -2.23. The summed E-state index contributed by atoms with van der Waals surface area (Å²) >= 11 is 0. The predicted molar refractivity (Wildman–Crippen MR) is 138 cm³/mol. The Kier molecular flexibility index (Phi) is 8.30. The zero-order valence-electron chi connectivity index (χ0n) is 20.4. The first-order valence-electron chi connectivity index (χ1n) is 11.2. The Hall–Kier alpha value is -3.65. The molecule has 0 aliphatic heterocycles. The van der Waals surface area contributed by atoms with Crippen LogP contribution in [0.25, 0.3) is 0 Å². The molecule has 0 bridgehead atoms. The third kappa shape index (κ3) is 7.16. The van der Waals surface area contributed by atoms with Crippen molar-refractivity contribution in [2.45, 2.75) is 27.3 Å². The highest BCUT2D eigenvalue weighted by molar-refractivity contribution is 7.92. The minimum Gasteiger partial charge on any atom is -0.492 e. The summed E-state index contributed by atoms with van der Waals surface area (Å²) in [6.45, 7) is 6.26. The molecular formula is C27H30N2O5S. The number of sulfonamides is 1. The SMILES string of the molecule is CC(=O)c1cccc(N(Cc2ccc(C(=O)NCCOc3ccc(C)c(C)c3)cc2)S(C)(=O)=O)c1. The minimum absolute atomic E-state index is 0.0753. The molecule has 3 aromatic rings. The van der Waals surface area contributed by atoms with Crippen molar-refractivity contribution in [1.29, 1.82) is 0 Å². The van der Waals surface area contributed by atoms with E-state index in [0.29, 0.717) is 35.5 Å². The molecule has 3 rings (SSSR count). The van der Waals surface area contributed by atoms with E-state index in [4.69, 9.17) is 4.74 Å². The van der Waals surface area contributed by atoms with E-state index < -0.39 is 10.0 Å². The lowest BCUT2D eigenvalue weighted by Crippen LogP contribution is -2.30. The molecule has 1 N–H and O–H groups in total. The maximum Gasteiger partial charge on any atom is 0.251 e. The first-order chi connectivity index (χ1) is 16.5. The van der Waals surface area contributed by atoms with Crippen LogP contribution in [0.15, 0.2) is 66.7 Å². The van der Waals surface area contributed by atoms with Crippen LogP contribution in [0.5, 0.6) is 5.75 Å². The van der Waals surface area contributed by atoms with Crippen LogP contribution in [0, 0.1) is 13.8 Å². The van der Waals surface area contributed by atoms with Gasteiger partial charge in [-0.1, -0.05) is 30.3 Å². The molecule has 0 aromatic heterocycles. The second kappa shape index (κ2) is 11.2. The smallest absolute Gasteiger partial charge is 0.251 e. The number of aryl methyl sites for hydroxylation is 2. The van der Waals surface area contributed by atoms with Crippen molar-refractivity contribution in [3.8, 4) is 5.75 Å². The van der Waals surface area contributed by atoms with Gasteiger partial charge < -0.3 is 10.1 Å². The van der Waals surface area contributed by atoms with Gasteiger partial charge in [-0.2, -0.15) is 0 Å². The molecule has 3 aromatic carbocycles. The Balaban J connectivity index is 1.60. The average Bonchev–Trinajstić information content (AvgIpc) is 2.82. The number of carbonyl (C=O) groups is 2. The number of Topliss-reactive ketones (excluding diaryl/α,β-unsaturated/α-hetero) is 1. The molecule has 7 nitrogen and oxygen atoms in total. The number of ether oxygens (including phenoxy) is 1. The normalized spacial score (nSPS) is 11.1. The summed E-state index contributed by atoms with van der Waals surface area (Å²) in [6, 6.07) is 19.1. The van der Waals surface area contributed by atoms with Crippen molar-refractivity contribution in [1.82, 2.24) is 5.32 Å². The van der Waals surface area contributed by atoms with Gasteiger partial charge in [0.25, 0.3) is 5.91 Å². The summed E-state index contributed by atoms with van der Waals surface area (Å²) in [6.07, 6.45) is 1.12. The number of rotatable bonds is 10. The first kappa shape index (κ1) is 26.0. The molecule has 0 heterocycles. The number of hydrogen-bond acceptors (Lipinski definition) is 5. The third-order valence-corrected chi connectivity index (χ3v) is 6.76. The van der Waals surface area contributed by atoms with Crippen LogP contribution in [-0.4, -0.2) is 39.5 Å². The van der Waals surface area contributed by atoms with Crippen molar-refractivity contribution < 1.29 is 22.7 Å². The molecule has 0 spiro atoms. The van der Waals surface area contributed by atoms with Gasteiger partial charge in [-0.25, -0.2) is 8.42 Å². The van der Waals surface area contributed by atoms with Crippen LogP contribution in [0.3, 0.4) is 0 Å². The molecule has 1 amide bonds. The summed E-state index contributed by atoms with van der Waals surface area (Å²) < 4.78 is 31.8. The third-order valence-electron chi connectivity index (χ3n) is 5.62. The van der Waals surface area contributed by atoms with Crippen molar-refractivity contribution in [2.75, 3.05) is 23.7 Å². The van der Waals surface area contributed by atoms with Crippen LogP contribution in [0.2, 0.25) is 0 Å². The van der Waals surface area contributed by atoms with Gasteiger partial charge >= 0.3 is 0 Å². The maximum absolute atomic E-state index is 12.5. The lowest BCUT2D eigenvalue weighted by molar-refractivity contribution is 0.0946.